The van der Waals surface area contributed by atoms with Crippen LogP contribution >= 0.6 is 11.6 Å². The van der Waals surface area contributed by atoms with Gasteiger partial charge in [0, 0.05) is 24.6 Å². The number of nitrogens with zero attached hydrogens (tertiary/aromatic N) is 4. The summed E-state index contributed by atoms with van der Waals surface area (Å²) < 4.78 is 18.2. The topological polar surface area (TPSA) is 117 Å². The number of imidazole rings is 1. The van der Waals surface area contributed by atoms with E-state index in [1.165, 1.54) is 26.5 Å². The number of hydrogen-bond acceptors (Lipinski definition) is 9. The van der Waals surface area contributed by atoms with E-state index in [0.29, 0.717) is 22.0 Å². The maximum absolute atomic E-state index is 11.8. The Morgan fingerprint density at radius 3 is 2.58 bits per heavy atom. The lowest BCUT2D eigenvalue weighted by Crippen LogP contribution is -2.38. The Bertz CT molecular complexity index is 1270. The number of nitrogens with one attached hydrogen (secondary N) is 1. The molecule has 4 atom stereocenters. The van der Waals surface area contributed by atoms with E-state index in [1.807, 2.05) is 19.1 Å². The van der Waals surface area contributed by atoms with E-state index in [1.54, 1.807) is 10.6 Å². The number of rotatable bonds is 5. The summed E-state index contributed by atoms with van der Waals surface area (Å²) in [5.41, 5.74) is 2.57. The largest absolute Gasteiger partial charge is 0.455 e. The third-order valence-electron chi connectivity index (χ3n) is 5.03. The van der Waals surface area contributed by atoms with E-state index < -0.39 is 36.5 Å². The highest BCUT2D eigenvalue weighted by atomic mass is 35.5. The molecule has 1 aromatic carbocycles. The van der Waals surface area contributed by atoms with Crippen LogP contribution in [0.3, 0.4) is 0 Å². The molecule has 0 unspecified atom stereocenters. The van der Waals surface area contributed by atoms with Crippen molar-refractivity contribution in [1.82, 2.24) is 19.5 Å². The smallest absolute Gasteiger partial charge is 0.303 e. The number of aryl methyl sites for hydroxylation is 1. The van der Waals surface area contributed by atoms with Crippen molar-refractivity contribution in [2.75, 3.05) is 5.32 Å². The van der Waals surface area contributed by atoms with Crippen LogP contribution in [0.4, 0.5) is 11.5 Å². The molecule has 0 radical (unpaired) electrons. The molecule has 1 aliphatic rings. The molecule has 0 amide bonds. The number of anilines is 2. The Balaban J connectivity index is 1.73. The molecule has 1 aliphatic heterocycles. The first-order chi connectivity index (χ1) is 15.8. The van der Waals surface area contributed by atoms with Crippen LogP contribution in [-0.4, -0.2) is 49.8 Å². The van der Waals surface area contributed by atoms with Crippen LogP contribution in [0.1, 0.15) is 25.6 Å². The summed E-state index contributed by atoms with van der Waals surface area (Å²) in [6.07, 6.45) is 4.57. The second-order valence-corrected chi connectivity index (χ2v) is 7.83. The lowest BCUT2D eigenvalue weighted by Gasteiger charge is -2.23. The SMILES string of the molecule is C#C[C@H]1O[C@@H](n2cnc3c(Nc4ccc(Cl)cc4C)ncnc32)[C@H](OC(C)=O)[C@@H]1OC(C)=O. The van der Waals surface area contributed by atoms with Gasteiger partial charge in [-0.2, -0.15) is 0 Å². The van der Waals surface area contributed by atoms with Crippen molar-refractivity contribution in [2.24, 2.45) is 0 Å². The minimum absolute atomic E-state index is 0.403. The molecule has 0 aliphatic carbocycles. The van der Waals surface area contributed by atoms with Crippen molar-refractivity contribution < 1.29 is 23.8 Å². The Kier molecular flexibility index (Phi) is 6.18. The Morgan fingerprint density at radius 1 is 1.18 bits per heavy atom. The normalized spacial score (nSPS) is 22.0. The minimum atomic E-state index is -1.00. The first kappa shape index (κ1) is 22.5. The van der Waals surface area contributed by atoms with Gasteiger partial charge in [0.25, 0.3) is 0 Å². The standard InChI is InChI=1S/C22H20ClN5O5/c1-5-16-18(31-12(3)29)19(32-13(4)30)22(33-16)28-10-26-17-20(24-9-25-21(17)28)27-15-7-6-14(23)8-11(15)2/h1,6-10,16,18-19,22H,2-4H3,(H,24,25,27)/t16-,18-,19-,22-/m1/s1. The summed E-state index contributed by atoms with van der Waals surface area (Å²) in [5.74, 6) is 1.73. The van der Waals surface area contributed by atoms with Gasteiger partial charge in [-0.3, -0.25) is 14.2 Å². The Morgan fingerprint density at radius 2 is 1.91 bits per heavy atom. The molecule has 0 spiro atoms. The summed E-state index contributed by atoms with van der Waals surface area (Å²) in [7, 11) is 0. The van der Waals surface area contributed by atoms with Gasteiger partial charge in [0.1, 0.15) is 6.33 Å². The van der Waals surface area contributed by atoms with Crippen LogP contribution in [0.5, 0.6) is 0 Å². The summed E-state index contributed by atoms with van der Waals surface area (Å²) in [6.45, 7) is 4.40. The Hall–Kier alpha value is -3.68. The number of carbonyl (C=O) groups is 2. The van der Waals surface area contributed by atoms with Crippen LogP contribution in [0.15, 0.2) is 30.9 Å². The minimum Gasteiger partial charge on any atom is -0.455 e. The number of halogens is 1. The molecule has 3 heterocycles. The fraction of sp³-hybridized carbons (Fsp3) is 0.318. The van der Waals surface area contributed by atoms with Crippen molar-refractivity contribution in [1.29, 1.82) is 0 Å². The molecule has 4 rings (SSSR count). The Labute approximate surface area is 194 Å². The monoisotopic (exact) mass is 469 g/mol. The number of hydrogen-bond donors (Lipinski definition) is 1. The first-order valence-electron chi connectivity index (χ1n) is 9.95. The van der Waals surface area contributed by atoms with E-state index in [-0.39, 0.29) is 0 Å². The summed E-state index contributed by atoms with van der Waals surface area (Å²) >= 11 is 6.04. The summed E-state index contributed by atoms with van der Waals surface area (Å²) in [4.78, 5) is 36.4. The molecule has 0 saturated carbocycles. The molecular weight excluding hydrogens is 450 g/mol. The van der Waals surface area contributed by atoms with E-state index in [0.717, 1.165) is 11.3 Å². The van der Waals surface area contributed by atoms with Crippen molar-refractivity contribution in [3.63, 3.8) is 0 Å². The average Bonchev–Trinajstić information content (AvgIpc) is 3.31. The highest BCUT2D eigenvalue weighted by Crippen LogP contribution is 2.36. The number of carbonyl (C=O) groups excluding carboxylic acids is 2. The molecular formula is C22H20ClN5O5. The average molecular weight is 470 g/mol. The molecule has 11 heteroatoms. The maximum Gasteiger partial charge on any atom is 0.303 e. The first-order valence-corrected chi connectivity index (χ1v) is 10.3. The van der Waals surface area contributed by atoms with Gasteiger partial charge in [-0.15, -0.1) is 6.42 Å². The fourth-order valence-electron chi connectivity index (χ4n) is 3.66. The van der Waals surface area contributed by atoms with E-state index >= 15 is 0 Å². The lowest BCUT2D eigenvalue weighted by molar-refractivity contribution is -0.165. The van der Waals surface area contributed by atoms with Gasteiger partial charge in [-0.1, -0.05) is 17.5 Å². The van der Waals surface area contributed by atoms with Crippen molar-refractivity contribution in [3.05, 3.63) is 41.4 Å². The third-order valence-corrected chi connectivity index (χ3v) is 5.27. The van der Waals surface area contributed by atoms with Crippen molar-refractivity contribution in [2.45, 2.75) is 45.3 Å². The zero-order valence-corrected chi connectivity index (χ0v) is 18.7. The van der Waals surface area contributed by atoms with Crippen LogP contribution in [0.2, 0.25) is 5.02 Å². The second-order valence-electron chi connectivity index (χ2n) is 7.39. The number of ether oxygens (including phenoxy) is 3. The fourth-order valence-corrected chi connectivity index (χ4v) is 3.89. The summed E-state index contributed by atoms with van der Waals surface area (Å²) in [5, 5.41) is 3.85. The second kappa shape index (κ2) is 9.05. The molecule has 1 fully saturated rings. The molecule has 3 aromatic rings. The maximum atomic E-state index is 11.8. The van der Waals surface area contributed by atoms with Gasteiger partial charge in [0.2, 0.25) is 0 Å². The molecule has 170 valence electrons. The number of fused-ring (bicyclic) bond motifs is 1. The van der Waals surface area contributed by atoms with Crippen LogP contribution in [0.25, 0.3) is 11.2 Å². The van der Waals surface area contributed by atoms with Gasteiger partial charge < -0.3 is 19.5 Å². The molecule has 33 heavy (non-hydrogen) atoms. The van der Waals surface area contributed by atoms with Gasteiger partial charge in [-0.25, -0.2) is 15.0 Å². The van der Waals surface area contributed by atoms with Crippen LogP contribution < -0.4 is 5.32 Å². The number of esters is 2. The number of terminal acetylenes is 1. The summed E-state index contributed by atoms with van der Waals surface area (Å²) in [6, 6.07) is 5.42. The van der Waals surface area contributed by atoms with Gasteiger partial charge >= 0.3 is 11.9 Å². The zero-order valence-electron chi connectivity index (χ0n) is 18.0. The third kappa shape index (κ3) is 4.46. The molecule has 1 N–H and O–H groups in total. The van der Waals surface area contributed by atoms with Crippen molar-refractivity contribution in [3.8, 4) is 12.3 Å². The molecule has 0 bridgehead atoms. The predicted molar refractivity (Wildman–Crippen MR) is 119 cm³/mol. The van der Waals surface area contributed by atoms with Crippen molar-refractivity contribution >= 4 is 46.2 Å². The lowest BCUT2D eigenvalue weighted by atomic mass is 10.1. The molecule has 1 saturated heterocycles. The predicted octanol–water partition coefficient (Wildman–Crippen LogP) is 2.93. The highest BCUT2D eigenvalue weighted by Gasteiger charge is 2.50. The van der Waals surface area contributed by atoms with Crippen LogP contribution in [-0.2, 0) is 23.8 Å². The van der Waals surface area contributed by atoms with E-state index in [4.69, 9.17) is 32.2 Å². The van der Waals surface area contributed by atoms with E-state index in [9.17, 15) is 9.59 Å². The highest BCUT2D eigenvalue weighted by molar-refractivity contribution is 6.30. The molecule has 10 nitrogen and oxygen atoms in total. The number of benzene rings is 1. The quantitative estimate of drug-likeness (QED) is 0.444. The molecule has 2 aromatic heterocycles. The van der Waals surface area contributed by atoms with E-state index in [2.05, 4.69) is 26.2 Å². The van der Waals surface area contributed by atoms with Crippen LogP contribution in [0, 0.1) is 19.3 Å². The number of aromatic nitrogens is 4. The van der Waals surface area contributed by atoms with Gasteiger partial charge in [0.15, 0.2) is 41.5 Å². The zero-order chi connectivity index (χ0) is 23.7. The van der Waals surface area contributed by atoms with Gasteiger partial charge in [0.05, 0.1) is 6.33 Å². The van der Waals surface area contributed by atoms with Gasteiger partial charge in [-0.05, 0) is 30.7 Å².